The molecule has 2 nitrogen and oxygen atoms in total. The molecule has 1 saturated carbocycles. The lowest BCUT2D eigenvalue weighted by Gasteiger charge is -2.19. The van der Waals surface area contributed by atoms with Crippen molar-refractivity contribution in [1.82, 2.24) is 9.88 Å². The molecular formula is C14H24N2. The average molecular weight is 220 g/mol. The second kappa shape index (κ2) is 5.05. The summed E-state index contributed by atoms with van der Waals surface area (Å²) in [6.45, 7) is 4.64. The maximum Gasteiger partial charge on any atom is 0.0172 e. The Bertz CT molecular complexity index is 325. The van der Waals surface area contributed by atoms with E-state index in [1.807, 2.05) is 0 Å². The Morgan fingerprint density at radius 3 is 2.75 bits per heavy atom. The number of nitrogens with zero attached hydrogens (tertiary/aromatic N) is 1. The predicted molar refractivity (Wildman–Crippen MR) is 68.5 cm³/mol. The summed E-state index contributed by atoms with van der Waals surface area (Å²) in [5, 5.41) is 3.71. The molecule has 1 N–H and O–H groups in total. The molecule has 1 fully saturated rings. The third-order valence-corrected chi connectivity index (χ3v) is 3.76. The molecule has 1 aromatic heterocycles. The van der Waals surface area contributed by atoms with Gasteiger partial charge in [-0.25, -0.2) is 0 Å². The fourth-order valence-electron chi connectivity index (χ4n) is 2.39. The van der Waals surface area contributed by atoms with E-state index in [2.05, 4.69) is 49.1 Å². The van der Waals surface area contributed by atoms with Crippen molar-refractivity contribution in [2.24, 2.45) is 13.0 Å². The lowest BCUT2D eigenvalue weighted by Crippen LogP contribution is -2.36. The minimum absolute atomic E-state index is 0.630. The number of aryl methyl sites for hydroxylation is 2. The Morgan fingerprint density at radius 1 is 1.44 bits per heavy atom. The Kier molecular flexibility index (Phi) is 3.70. The van der Waals surface area contributed by atoms with Crippen LogP contribution in [0.1, 0.15) is 38.8 Å². The first-order chi connectivity index (χ1) is 7.66. The van der Waals surface area contributed by atoms with Crippen LogP contribution in [-0.4, -0.2) is 16.7 Å². The van der Waals surface area contributed by atoms with E-state index in [0.29, 0.717) is 12.1 Å². The van der Waals surface area contributed by atoms with Gasteiger partial charge in [0.15, 0.2) is 0 Å². The van der Waals surface area contributed by atoms with E-state index in [4.69, 9.17) is 0 Å². The SMILES string of the molecule is CC(CCc1cccn1C)NC(C)C1CC1. The molecule has 0 aliphatic heterocycles. The molecule has 1 aromatic rings. The summed E-state index contributed by atoms with van der Waals surface area (Å²) < 4.78 is 2.22. The monoisotopic (exact) mass is 220 g/mol. The van der Waals surface area contributed by atoms with Gasteiger partial charge in [-0.1, -0.05) is 0 Å². The predicted octanol–water partition coefficient (Wildman–Crippen LogP) is 2.73. The van der Waals surface area contributed by atoms with Crippen LogP contribution >= 0.6 is 0 Å². The summed E-state index contributed by atoms with van der Waals surface area (Å²) in [4.78, 5) is 0. The van der Waals surface area contributed by atoms with E-state index in [1.54, 1.807) is 0 Å². The van der Waals surface area contributed by atoms with Crippen molar-refractivity contribution in [3.63, 3.8) is 0 Å². The highest BCUT2D eigenvalue weighted by atomic mass is 15.0. The summed E-state index contributed by atoms with van der Waals surface area (Å²) in [6, 6.07) is 5.69. The van der Waals surface area contributed by atoms with Gasteiger partial charge < -0.3 is 9.88 Å². The maximum atomic E-state index is 3.71. The van der Waals surface area contributed by atoms with E-state index in [1.165, 1.54) is 31.4 Å². The first-order valence-corrected chi connectivity index (χ1v) is 6.53. The van der Waals surface area contributed by atoms with Gasteiger partial charge in [-0.15, -0.1) is 0 Å². The average Bonchev–Trinajstić information content (AvgIpc) is 3.00. The van der Waals surface area contributed by atoms with E-state index in [-0.39, 0.29) is 0 Å². The number of aromatic nitrogens is 1. The van der Waals surface area contributed by atoms with E-state index in [9.17, 15) is 0 Å². The van der Waals surface area contributed by atoms with Gasteiger partial charge in [0, 0.05) is 31.0 Å². The molecule has 0 radical (unpaired) electrons. The molecule has 0 bridgehead atoms. The topological polar surface area (TPSA) is 17.0 Å². The second-order valence-electron chi connectivity index (χ2n) is 5.34. The van der Waals surface area contributed by atoms with Crippen molar-refractivity contribution >= 4 is 0 Å². The van der Waals surface area contributed by atoms with Crippen LogP contribution in [0.2, 0.25) is 0 Å². The van der Waals surface area contributed by atoms with Crippen LogP contribution in [0, 0.1) is 5.92 Å². The van der Waals surface area contributed by atoms with Crippen molar-refractivity contribution in [2.45, 2.75) is 51.6 Å². The first kappa shape index (κ1) is 11.7. The Hall–Kier alpha value is -0.760. The highest BCUT2D eigenvalue weighted by Crippen LogP contribution is 2.32. The number of nitrogens with one attached hydrogen (secondary N) is 1. The lowest BCUT2D eigenvalue weighted by molar-refractivity contribution is 0.414. The Morgan fingerprint density at radius 2 is 2.19 bits per heavy atom. The van der Waals surface area contributed by atoms with Crippen molar-refractivity contribution in [3.05, 3.63) is 24.0 Å². The second-order valence-corrected chi connectivity index (χ2v) is 5.34. The third kappa shape index (κ3) is 3.11. The summed E-state index contributed by atoms with van der Waals surface area (Å²) in [7, 11) is 2.13. The molecule has 0 aromatic carbocycles. The minimum atomic E-state index is 0.630. The molecule has 1 heterocycles. The minimum Gasteiger partial charge on any atom is -0.354 e. The maximum absolute atomic E-state index is 3.71. The van der Waals surface area contributed by atoms with Gasteiger partial charge in [-0.3, -0.25) is 0 Å². The van der Waals surface area contributed by atoms with Crippen LogP contribution in [0.15, 0.2) is 18.3 Å². The van der Waals surface area contributed by atoms with Gasteiger partial charge >= 0.3 is 0 Å². The molecular weight excluding hydrogens is 196 g/mol. The fourth-order valence-corrected chi connectivity index (χ4v) is 2.39. The molecule has 0 saturated heterocycles. The van der Waals surface area contributed by atoms with Crippen LogP contribution in [0.4, 0.5) is 0 Å². The van der Waals surface area contributed by atoms with Crippen molar-refractivity contribution in [3.8, 4) is 0 Å². The van der Waals surface area contributed by atoms with Crippen LogP contribution in [0.5, 0.6) is 0 Å². The highest BCUT2D eigenvalue weighted by Gasteiger charge is 2.28. The number of hydrogen-bond donors (Lipinski definition) is 1. The van der Waals surface area contributed by atoms with E-state index >= 15 is 0 Å². The van der Waals surface area contributed by atoms with Crippen molar-refractivity contribution in [1.29, 1.82) is 0 Å². The van der Waals surface area contributed by atoms with Gasteiger partial charge in [0.2, 0.25) is 0 Å². The smallest absolute Gasteiger partial charge is 0.0172 e. The lowest BCUT2D eigenvalue weighted by atomic mass is 10.1. The van der Waals surface area contributed by atoms with Crippen molar-refractivity contribution in [2.75, 3.05) is 0 Å². The fraction of sp³-hybridized carbons (Fsp3) is 0.714. The van der Waals surface area contributed by atoms with Gasteiger partial charge in [0.05, 0.1) is 0 Å². The number of hydrogen-bond acceptors (Lipinski definition) is 1. The van der Waals surface area contributed by atoms with Gasteiger partial charge in [-0.05, 0) is 57.6 Å². The summed E-state index contributed by atoms with van der Waals surface area (Å²) in [6.07, 6.45) is 7.39. The standard InChI is InChI=1S/C14H24N2/c1-11(15-12(2)13-7-8-13)6-9-14-5-4-10-16(14)3/h4-5,10-13,15H,6-9H2,1-3H3. The largest absolute Gasteiger partial charge is 0.354 e. The molecule has 2 unspecified atom stereocenters. The normalized spacial score (nSPS) is 19.7. The van der Waals surface area contributed by atoms with Crippen LogP contribution < -0.4 is 5.32 Å². The molecule has 2 atom stereocenters. The zero-order valence-corrected chi connectivity index (χ0v) is 10.7. The molecule has 90 valence electrons. The first-order valence-electron chi connectivity index (χ1n) is 6.53. The summed E-state index contributed by atoms with van der Waals surface area (Å²) >= 11 is 0. The molecule has 2 rings (SSSR count). The molecule has 1 aliphatic carbocycles. The van der Waals surface area contributed by atoms with Crippen LogP contribution in [0.3, 0.4) is 0 Å². The molecule has 2 heteroatoms. The van der Waals surface area contributed by atoms with Gasteiger partial charge in [0.25, 0.3) is 0 Å². The van der Waals surface area contributed by atoms with E-state index < -0.39 is 0 Å². The quantitative estimate of drug-likeness (QED) is 0.780. The summed E-state index contributed by atoms with van der Waals surface area (Å²) in [5.74, 6) is 0.956. The summed E-state index contributed by atoms with van der Waals surface area (Å²) in [5.41, 5.74) is 1.44. The number of rotatable bonds is 6. The third-order valence-electron chi connectivity index (χ3n) is 3.76. The zero-order valence-electron chi connectivity index (χ0n) is 10.7. The van der Waals surface area contributed by atoms with Crippen molar-refractivity contribution < 1.29 is 0 Å². The van der Waals surface area contributed by atoms with Crippen LogP contribution in [0.25, 0.3) is 0 Å². The van der Waals surface area contributed by atoms with Crippen LogP contribution in [-0.2, 0) is 13.5 Å². The Balaban J connectivity index is 1.70. The van der Waals surface area contributed by atoms with Gasteiger partial charge in [-0.2, -0.15) is 0 Å². The van der Waals surface area contributed by atoms with E-state index in [0.717, 1.165) is 5.92 Å². The molecule has 0 spiro atoms. The highest BCUT2D eigenvalue weighted by molar-refractivity contribution is 5.06. The Labute approximate surface area is 99.0 Å². The zero-order chi connectivity index (χ0) is 11.5. The molecule has 0 amide bonds. The molecule has 16 heavy (non-hydrogen) atoms. The van der Waals surface area contributed by atoms with Gasteiger partial charge in [0.1, 0.15) is 0 Å². The molecule has 1 aliphatic rings.